The van der Waals surface area contributed by atoms with Crippen LogP contribution >= 0.6 is 35.3 Å². The summed E-state index contributed by atoms with van der Waals surface area (Å²) in [5.74, 6) is 0.935. The van der Waals surface area contributed by atoms with Gasteiger partial charge in [-0.05, 0) is 38.0 Å². The lowest BCUT2D eigenvalue weighted by Crippen LogP contribution is -2.46. The van der Waals surface area contributed by atoms with Gasteiger partial charge in [0.15, 0.2) is 5.96 Å². The van der Waals surface area contributed by atoms with Gasteiger partial charge in [-0.25, -0.2) is 4.98 Å². The molecule has 2 rings (SSSR count). The number of hydrogen-bond acceptors (Lipinski definition) is 3. The molecule has 1 aliphatic rings. The van der Waals surface area contributed by atoms with Gasteiger partial charge in [0.05, 0.1) is 5.01 Å². The standard InChI is InChI=1S/C16H28N4S.HI/c1-4-16(8-6-9-16)12-19-15(17-3)18-10-5-7-14-20-13(2)11-21-14;/h11H,4-10,12H2,1-3H3,(H2,17,18,19);1H. The molecule has 0 amide bonds. The third-order valence-corrected chi connectivity index (χ3v) is 5.57. The Labute approximate surface area is 155 Å². The minimum atomic E-state index is 0. The third-order valence-electron chi connectivity index (χ3n) is 4.55. The zero-order valence-corrected chi connectivity index (χ0v) is 17.1. The molecular formula is C16H29IN4S. The topological polar surface area (TPSA) is 49.3 Å². The highest BCUT2D eigenvalue weighted by Gasteiger charge is 2.34. The smallest absolute Gasteiger partial charge is 0.190 e. The second-order valence-electron chi connectivity index (χ2n) is 6.05. The lowest BCUT2D eigenvalue weighted by atomic mass is 9.67. The first-order valence-electron chi connectivity index (χ1n) is 8.03. The molecule has 2 N–H and O–H groups in total. The van der Waals surface area contributed by atoms with E-state index in [4.69, 9.17) is 0 Å². The number of thiazole rings is 1. The van der Waals surface area contributed by atoms with Gasteiger partial charge in [0.1, 0.15) is 0 Å². The third kappa shape index (κ3) is 5.68. The van der Waals surface area contributed by atoms with E-state index in [1.807, 2.05) is 14.0 Å². The summed E-state index contributed by atoms with van der Waals surface area (Å²) >= 11 is 1.76. The van der Waals surface area contributed by atoms with Gasteiger partial charge in [-0.3, -0.25) is 4.99 Å². The molecule has 6 heteroatoms. The van der Waals surface area contributed by atoms with Crippen molar-refractivity contribution in [2.45, 2.75) is 52.4 Å². The van der Waals surface area contributed by atoms with Crippen molar-refractivity contribution in [2.75, 3.05) is 20.1 Å². The van der Waals surface area contributed by atoms with Crippen LogP contribution in [0.2, 0.25) is 0 Å². The Morgan fingerprint density at radius 2 is 2.18 bits per heavy atom. The highest BCUT2D eigenvalue weighted by molar-refractivity contribution is 14.0. The normalized spacial score (nSPS) is 16.6. The molecule has 0 saturated heterocycles. The Balaban J connectivity index is 0.00000242. The van der Waals surface area contributed by atoms with E-state index in [0.717, 1.165) is 37.6 Å². The van der Waals surface area contributed by atoms with E-state index in [0.29, 0.717) is 5.41 Å². The highest BCUT2D eigenvalue weighted by atomic mass is 127. The molecule has 22 heavy (non-hydrogen) atoms. The van der Waals surface area contributed by atoms with E-state index in [1.165, 1.54) is 30.7 Å². The van der Waals surface area contributed by atoms with Crippen molar-refractivity contribution in [3.8, 4) is 0 Å². The molecule has 0 atom stereocenters. The summed E-state index contributed by atoms with van der Waals surface area (Å²) in [7, 11) is 1.85. The van der Waals surface area contributed by atoms with Gasteiger partial charge in [-0.15, -0.1) is 35.3 Å². The summed E-state index contributed by atoms with van der Waals surface area (Å²) in [6.07, 6.45) is 7.50. The molecule has 1 aliphatic carbocycles. The Hall–Kier alpha value is -0.370. The lowest BCUT2D eigenvalue weighted by Gasteiger charge is -2.41. The number of hydrogen-bond donors (Lipinski definition) is 2. The largest absolute Gasteiger partial charge is 0.356 e. The quantitative estimate of drug-likeness (QED) is 0.296. The molecule has 0 unspecified atom stereocenters. The molecular weight excluding hydrogens is 407 g/mol. The summed E-state index contributed by atoms with van der Waals surface area (Å²) in [5, 5.41) is 10.2. The minimum absolute atomic E-state index is 0. The van der Waals surface area contributed by atoms with Gasteiger partial charge in [0, 0.05) is 37.6 Å². The first-order valence-corrected chi connectivity index (χ1v) is 8.91. The van der Waals surface area contributed by atoms with Crippen molar-refractivity contribution in [1.29, 1.82) is 0 Å². The minimum Gasteiger partial charge on any atom is -0.356 e. The Morgan fingerprint density at radius 1 is 1.41 bits per heavy atom. The molecule has 0 bridgehead atoms. The summed E-state index contributed by atoms with van der Waals surface area (Å²) < 4.78 is 0. The van der Waals surface area contributed by atoms with Crippen LogP contribution in [0.1, 0.15) is 49.7 Å². The van der Waals surface area contributed by atoms with Crippen LogP contribution in [0.15, 0.2) is 10.4 Å². The molecule has 0 aromatic carbocycles. The first-order chi connectivity index (χ1) is 10.2. The molecule has 0 spiro atoms. The highest BCUT2D eigenvalue weighted by Crippen LogP contribution is 2.42. The molecule has 1 saturated carbocycles. The van der Waals surface area contributed by atoms with Gasteiger partial charge < -0.3 is 10.6 Å². The zero-order chi connectivity index (χ0) is 15.1. The molecule has 1 fully saturated rings. The van der Waals surface area contributed by atoms with Crippen molar-refractivity contribution < 1.29 is 0 Å². The molecule has 1 heterocycles. The zero-order valence-electron chi connectivity index (χ0n) is 13.9. The molecule has 126 valence electrons. The second-order valence-corrected chi connectivity index (χ2v) is 6.99. The van der Waals surface area contributed by atoms with E-state index >= 15 is 0 Å². The van der Waals surface area contributed by atoms with Crippen molar-refractivity contribution in [2.24, 2.45) is 10.4 Å². The molecule has 1 aromatic heterocycles. The van der Waals surface area contributed by atoms with Crippen LogP contribution in [-0.2, 0) is 6.42 Å². The van der Waals surface area contributed by atoms with E-state index in [9.17, 15) is 0 Å². The monoisotopic (exact) mass is 436 g/mol. The molecule has 4 nitrogen and oxygen atoms in total. The SMILES string of the molecule is CCC1(CNC(=NC)NCCCc2nc(C)cs2)CCC1.I. The summed E-state index contributed by atoms with van der Waals surface area (Å²) in [5.41, 5.74) is 1.65. The Kier molecular flexibility index (Phi) is 8.67. The van der Waals surface area contributed by atoms with Crippen LogP contribution in [0, 0.1) is 12.3 Å². The predicted molar refractivity (Wildman–Crippen MR) is 107 cm³/mol. The van der Waals surface area contributed by atoms with Gasteiger partial charge >= 0.3 is 0 Å². The summed E-state index contributed by atoms with van der Waals surface area (Å²) in [6, 6.07) is 0. The van der Waals surface area contributed by atoms with Gasteiger partial charge in [-0.2, -0.15) is 0 Å². The number of nitrogens with zero attached hydrogens (tertiary/aromatic N) is 2. The fourth-order valence-electron chi connectivity index (χ4n) is 2.79. The van der Waals surface area contributed by atoms with E-state index in [-0.39, 0.29) is 24.0 Å². The lowest BCUT2D eigenvalue weighted by molar-refractivity contribution is 0.131. The number of rotatable bonds is 7. The average molecular weight is 436 g/mol. The molecule has 0 radical (unpaired) electrons. The number of nitrogens with one attached hydrogen (secondary N) is 2. The number of aromatic nitrogens is 1. The fraction of sp³-hybridized carbons (Fsp3) is 0.750. The van der Waals surface area contributed by atoms with Crippen molar-refractivity contribution in [3.63, 3.8) is 0 Å². The number of aryl methyl sites for hydroxylation is 2. The van der Waals surface area contributed by atoms with E-state index < -0.39 is 0 Å². The Morgan fingerprint density at radius 3 is 2.68 bits per heavy atom. The maximum absolute atomic E-state index is 4.49. The van der Waals surface area contributed by atoms with Crippen LogP contribution < -0.4 is 10.6 Å². The fourth-order valence-corrected chi connectivity index (χ4v) is 3.61. The number of halogens is 1. The number of guanidine groups is 1. The molecule has 0 aliphatic heterocycles. The van der Waals surface area contributed by atoms with Crippen LogP contribution in [0.25, 0.3) is 0 Å². The van der Waals surface area contributed by atoms with Crippen LogP contribution in [-0.4, -0.2) is 31.1 Å². The predicted octanol–water partition coefficient (Wildman–Crippen LogP) is 3.75. The summed E-state index contributed by atoms with van der Waals surface area (Å²) in [6.45, 7) is 6.34. The van der Waals surface area contributed by atoms with Gasteiger partial charge in [-0.1, -0.05) is 13.3 Å². The Bertz CT molecular complexity index is 463. The van der Waals surface area contributed by atoms with E-state index in [1.54, 1.807) is 11.3 Å². The van der Waals surface area contributed by atoms with Crippen molar-refractivity contribution in [3.05, 3.63) is 16.1 Å². The molecule has 1 aromatic rings. The van der Waals surface area contributed by atoms with Gasteiger partial charge in [0.25, 0.3) is 0 Å². The van der Waals surface area contributed by atoms with Gasteiger partial charge in [0.2, 0.25) is 0 Å². The van der Waals surface area contributed by atoms with Crippen molar-refractivity contribution >= 4 is 41.3 Å². The number of aliphatic imine (C=N–C) groups is 1. The summed E-state index contributed by atoms with van der Waals surface area (Å²) in [4.78, 5) is 8.80. The van der Waals surface area contributed by atoms with E-state index in [2.05, 4.69) is 32.9 Å². The second kappa shape index (κ2) is 9.70. The maximum Gasteiger partial charge on any atom is 0.190 e. The van der Waals surface area contributed by atoms with Crippen molar-refractivity contribution in [1.82, 2.24) is 15.6 Å². The van der Waals surface area contributed by atoms with Crippen LogP contribution in [0.5, 0.6) is 0 Å². The maximum atomic E-state index is 4.49. The first kappa shape index (κ1) is 19.7. The van der Waals surface area contributed by atoms with Crippen LogP contribution in [0.3, 0.4) is 0 Å². The average Bonchev–Trinajstić information content (AvgIpc) is 2.86. The van der Waals surface area contributed by atoms with Crippen LogP contribution in [0.4, 0.5) is 0 Å².